The normalized spacial score (nSPS) is 16.4. The van der Waals surface area contributed by atoms with Crippen LogP contribution in [-0.2, 0) is 17.8 Å². The molecule has 0 N–H and O–H groups in total. The summed E-state index contributed by atoms with van der Waals surface area (Å²) in [6.45, 7) is 4.55. The van der Waals surface area contributed by atoms with Crippen LogP contribution < -0.4 is 0 Å². The summed E-state index contributed by atoms with van der Waals surface area (Å²) < 4.78 is 13.2. The number of rotatable bonds is 7. The van der Waals surface area contributed by atoms with E-state index in [9.17, 15) is 4.79 Å². The molecule has 4 rings (SSSR count). The van der Waals surface area contributed by atoms with Crippen LogP contribution in [0.25, 0.3) is 0 Å². The Hall–Kier alpha value is -2.86. The predicted molar refractivity (Wildman–Crippen MR) is 105 cm³/mol. The summed E-state index contributed by atoms with van der Waals surface area (Å²) in [5.74, 6) is 1.06. The van der Waals surface area contributed by atoms with E-state index in [1.54, 1.807) is 23.2 Å². The Kier molecular flexibility index (Phi) is 5.58. The molecule has 146 valence electrons. The fourth-order valence-electron chi connectivity index (χ4n) is 3.59. The number of aromatic nitrogens is 2. The number of imidazole rings is 1. The minimum absolute atomic E-state index is 0.0682. The van der Waals surface area contributed by atoms with Crippen LogP contribution in [0.3, 0.4) is 0 Å². The Balaban J connectivity index is 1.54. The standard InChI is InChI=1S/C22H25N3O3/c1-17-6-2-3-7-18(17)14-24-11-10-23-21(24)16-25(15-19-8-4-12-27-19)22(26)20-9-5-13-28-20/h2-3,5-7,9-11,13,19H,4,8,12,14-16H2,1H3/t19-/m0/s1. The van der Waals surface area contributed by atoms with E-state index in [1.807, 2.05) is 18.3 Å². The third-order valence-electron chi connectivity index (χ3n) is 5.20. The van der Waals surface area contributed by atoms with Crippen molar-refractivity contribution in [3.05, 3.63) is 77.8 Å². The smallest absolute Gasteiger partial charge is 0.290 e. The lowest BCUT2D eigenvalue weighted by atomic mass is 10.1. The van der Waals surface area contributed by atoms with Crippen LogP contribution in [0.5, 0.6) is 0 Å². The zero-order valence-corrected chi connectivity index (χ0v) is 16.1. The maximum absolute atomic E-state index is 13.0. The number of hydrogen-bond donors (Lipinski definition) is 0. The van der Waals surface area contributed by atoms with Crippen molar-refractivity contribution in [2.24, 2.45) is 0 Å². The van der Waals surface area contributed by atoms with E-state index in [2.05, 4.69) is 28.6 Å². The second kappa shape index (κ2) is 8.44. The fourth-order valence-corrected chi connectivity index (χ4v) is 3.59. The third-order valence-corrected chi connectivity index (χ3v) is 5.20. The number of amides is 1. The average Bonchev–Trinajstić information content (AvgIpc) is 3.46. The number of benzene rings is 1. The van der Waals surface area contributed by atoms with Crippen molar-refractivity contribution in [2.45, 2.75) is 39.0 Å². The number of ether oxygens (including phenoxy) is 1. The number of furan rings is 1. The molecule has 1 fully saturated rings. The van der Waals surface area contributed by atoms with Gasteiger partial charge in [0.05, 0.1) is 18.9 Å². The van der Waals surface area contributed by atoms with Crippen molar-refractivity contribution in [3.8, 4) is 0 Å². The Morgan fingerprint density at radius 2 is 2.18 bits per heavy atom. The first-order valence-electron chi connectivity index (χ1n) is 9.69. The van der Waals surface area contributed by atoms with E-state index >= 15 is 0 Å². The lowest BCUT2D eigenvalue weighted by Gasteiger charge is -2.25. The molecule has 1 atom stereocenters. The van der Waals surface area contributed by atoms with Crippen molar-refractivity contribution in [1.82, 2.24) is 14.5 Å². The lowest BCUT2D eigenvalue weighted by Crippen LogP contribution is -2.37. The highest BCUT2D eigenvalue weighted by Gasteiger charge is 2.26. The first-order valence-corrected chi connectivity index (χ1v) is 9.69. The second-order valence-electron chi connectivity index (χ2n) is 7.20. The molecule has 0 spiro atoms. The molecule has 0 bridgehead atoms. The van der Waals surface area contributed by atoms with Gasteiger partial charge in [0.2, 0.25) is 0 Å². The van der Waals surface area contributed by atoms with Crippen LogP contribution in [0, 0.1) is 6.92 Å². The van der Waals surface area contributed by atoms with E-state index in [1.165, 1.54) is 17.4 Å². The van der Waals surface area contributed by atoms with Gasteiger partial charge in [-0.15, -0.1) is 0 Å². The monoisotopic (exact) mass is 379 g/mol. The molecule has 1 saturated heterocycles. The highest BCUT2D eigenvalue weighted by molar-refractivity contribution is 5.91. The summed E-state index contributed by atoms with van der Waals surface area (Å²) in [5, 5.41) is 0. The maximum atomic E-state index is 13.0. The van der Waals surface area contributed by atoms with Gasteiger partial charge in [-0.2, -0.15) is 0 Å². The molecule has 3 heterocycles. The molecule has 0 saturated carbocycles. The van der Waals surface area contributed by atoms with Gasteiger partial charge in [0.15, 0.2) is 5.76 Å². The number of hydrogen-bond acceptors (Lipinski definition) is 4. The largest absolute Gasteiger partial charge is 0.459 e. The molecule has 6 heteroatoms. The molecule has 1 aliphatic rings. The van der Waals surface area contributed by atoms with Crippen LogP contribution in [0.15, 0.2) is 59.5 Å². The van der Waals surface area contributed by atoms with Crippen LogP contribution in [0.2, 0.25) is 0 Å². The van der Waals surface area contributed by atoms with Gasteiger partial charge in [-0.1, -0.05) is 24.3 Å². The van der Waals surface area contributed by atoms with Crippen molar-refractivity contribution in [1.29, 1.82) is 0 Å². The summed E-state index contributed by atoms with van der Waals surface area (Å²) in [6, 6.07) is 11.7. The molecule has 1 aromatic carbocycles. The number of carbonyl (C=O) groups excluding carboxylic acids is 1. The van der Waals surface area contributed by atoms with E-state index in [4.69, 9.17) is 9.15 Å². The zero-order chi connectivity index (χ0) is 19.3. The van der Waals surface area contributed by atoms with Gasteiger partial charge in [-0.3, -0.25) is 4.79 Å². The number of carbonyl (C=O) groups is 1. The molecule has 6 nitrogen and oxygen atoms in total. The quantitative estimate of drug-likeness (QED) is 0.629. The molecular formula is C22H25N3O3. The molecule has 0 radical (unpaired) electrons. The number of nitrogens with zero attached hydrogens (tertiary/aromatic N) is 3. The van der Waals surface area contributed by atoms with Gasteiger partial charge < -0.3 is 18.6 Å². The highest BCUT2D eigenvalue weighted by Crippen LogP contribution is 2.18. The van der Waals surface area contributed by atoms with Gasteiger partial charge in [0, 0.05) is 32.1 Å². The first kappa shape index (κ1) is 18.5. The van der Waals surface area contributed by atoms with Crippen molar-refractivity contribution >= 4 is 5.91 Å². The summed E-state index contributed by atoms with van der Waals surface area (Å²) in [7, 11) is 0. The Bertz CT molecular complexity index is 911. The molecule has 3 aromatic rings. The summed E-state index contributed by atoms with van der Waals surface area (Å²) >= 11 is 0. The Morgan fingerprint density at radius 3 is 2.93 bits per heavy atom. The first-order chi connectivity index (χ1) is 13.7. The van der Waals surface area contributed by atoms with Gasteiger partial charge in [0.25, 0.3) is 5.91 Å². The van der Waals surface area contributed by atoms with E-state index in [0.29, 0.717) is 18.8 Å². The van der Waals surface area contributed by atoms with Gasteiger partial charge >= 0.3 is 0 Å². The summed E-state index contributed by atoms with van der Waals surface area (Å²) in [6.07, 6.45) is 7.35. The van der Waals surface area contributed by atoms with Crippen LogP contribution in [-0.4, -0.2) is 39.6 Å². The minimum atomic E-state index is -0.133. The molecule has 28 heavy (non-hydrogen) atoms. The van der Waals surface area contributed by atoms with Crippen LogP contribution in [0.1, 0.15) is 40.3 Å². The maximum Gasteiger partial charge on any atom is 0.290 e. The SMILES string of the molecule is Cc1ccccc1Cn1ccnc1CN(C[C@@H]1CCCO1)C(=O)c1ccco1. The van der Waals surface area contributed by atoms with Gasteiger partial charge in [-0.05, 0) is 43.0 Å². The van der Waals surface area contributed by atoms with E-state index in [-0.39, 0.29) is 12.0 Å². The summed E-state index contributed by atoms with van der Waals surface area (Å²) in [4.78, 5) is 19.3. The van der Waals surface area contributed by atoms with Crippen LogP contribution in [0.4, 0.5) is 0 Å². The molecule has 0 unspecified atom stereocenters. The average molecular weight is 379 g/mol. The summed E-state index contributed by atoms with van der Waals surface area (Å²) in [5.41, 5.74) is 2.48. The van der Waals surface area contributed by atoms with Crippen molar-refractivity contribution < 1.29 is 13.9 Å². The third kappa shape index (κ3) is 4.17. The van der Waals surface area contributed by atoms with Crippen molar-refractivity contribution in [3.63, 3.8) is 0 Å². The lowest BCUT2D eigenvalue weighted by molar-refractivity contribution is 0.0475. The molecule has 2 aromatic heterocycles. The van der Waals surface area contributed by atoms with E-state index in [0.717, 1.165) is 31.8 Å². The molecular weight excluding hydrogens is 354 g/mol. The second-order valence-corrected chi connectivity index (χ2v) is 7.20. The fraction of sp³-hybridized carbons (Fsp3) is 0.364. The Labute approximate surface area is 164 Å². The minimum Gasteiger partial charge on any atom is -0.459 e. The molecule has 1 amide bonds. The van der Waals surface area contributed by atoms with Gasteiger partial charge in [0.1, 0.15) is 5.82 Å². The Morgan fingerprint density at radius 1 is 1.29 bits per heavy atom. The van der Waals surface area contributed by atoms with Crippen LogP contribution >= 0.6 is 0 Å². The molecule has 1 aliphatic heterocycles. The zero-order valence-electron chi connectivity index (χ0n) is 16.1. The van der Waals surface area contributed by atoms with E-state index < -0.39 is 0 Å². The van der Waals surface area contributed by atoms with Gasteiger partial charge in [-0.25, -0.2) is 4.98 Å². The highest BCUT2D eigenvalue weighted by atomic mass is 16.5. The predicted octanol–water partition coefficient (Wildman–Crippen LogP) is 3.65. The molecule has 0 aliphatic carbocycles. The topological polar surface area (TPSA) is 60.5 Å². The van der Waals surface area contributed by atoms with Crippen molar-refractivity contribution in [2.75, 3.05) is 13.2 Å². The number of aryl methyl sites for hydroxylation is 1.